The van der Waals surface area contributed by atoms with Crippen LogP contribution in [0.2, 0.25) is 5.02 Å². The van der Waals surface area contributed by atoms with Gasteiger partial charge in [-0.1, -0.05) is 23.4 Å². The van der Waals surface area contributed by atoms with Gasteiger partial charge in [0.15, 0.2) is 5.16 Å². The zero-order valence-corrected chi connectivity index (χ0v) is 15.5. The predicted octanol–water partition coefficient (Wildman–Crippen LogP) is 3.87. The Bertz CT molecular complexity index is 814. The van der Waals surface area contributed by atoms with Gasteiger partial charge in [-0.15, -0.1) is 0 Å². The number of benzene rings is 1. The second kappa shape index (κ2) is 8.52. The summed E-state index contributed by atoms with van der Waals surface area (Å²) in [5.74, 6) is 0. The molecule has 1 heterocycles. The average Bonchev–Trinajstić information content (AvgIpc) is 2.53. The third-order valence-electron chi connectivity index (χ3n) is 3.32. The van der Waals surface area contributed by atoms with E-state index in [2.05, 4.69) is 11.1 Å². The Kier molecular flexibility index (Phi) is 6.67. The molecule has 0 radical (unpaired) electrons. The molecule has 5 nitrogen and oxygen atoms in total. The molecule has 0 aliphatic heterocycles. The second-order valence-electron chi connectivity index (χ2n) is 5.67. The maximum atomic E-state index is 12.8. The van der Waals surface area contributed by atoms with E-state index in [1.54, 1.807) is 29.7 Å². The average molecular weight is 366 g/mol. The van der Waals surface area contributed by atoms with Crippen LogP contribution >= 0.6 is 23.4 Å². The molecule has 1 aromatic carbocycles. The third-order valence-corrected chi connectivity index (χ3v) is 4.54. The number of nitrogens with zero attached hydrogens (tertiary/aromatic N) is 3. The fourth-order valence-corrected chi connectivity index (χ4v) is 3.17. The number of aromatic nitrogens is 2. The van der Waals surface area contributed by atoms with Crippen LogP contribution in [0.15, 0.2) is 28.2 Å². The highest BCUT2D eigenvalue weighted by molar-refractivity contribution is 8.00. The van der Waals surface area contributed by atoms with Crippen molar-refractivity contribution in [3.63, 3.8) is 0 Å². The fourth-order valence-electron chi connectivity index (χ4n) is 2.19. The summed E-state index contributed by atoms with van der Waals surface area (Å²) >= 11 is 7.28. The molecule has 0 bridgehead atoms. The highest BCUT2D eigenvalue weighted by Gasteiger charge is 2.14. The van der Waals surface area contributed by atoms with E-state index in [0.29, 0.717) is 40.7 Å². The molecule has 2 aromatic rings. The minimum absolute atomic E-state index is 0.117. The second-order valence-corrected chi connectivity index (χ2v) is 7.42. The highest BCUT2D eigenvalue weighted by atomic mass is 35.5. The Morgan fingerprint density at radius 1 is 1.42 bits per heavy atom. The topological polar surface area (TPSA) is 67.9 Å². The number of nitriles is 1. The molecule has 0 saturated carbocycles. The molecule has 1 aromatic heterocycles. The normalized spacial score (nSPS) is 12.5. The van der Waals surface area contributed by atoms with Gasteiger partial charge >= 0.3 is 0 Å². The van der Waals surface area contributed by atoms with Crippen molar-refractivity contribution in [2.45, 2.75) is 50.2 Å². The molecule has 0 spiro atoms. The summed E-state index contributed by atoms with van der Waals surface area (Å²) in [4.78, 5) is 17.3. The minimum Gasteiger partial charge on any atom is -0.379 e. The van der Waals surface area contributed by atoms with Crippen LogP contribution in [-0.2, 0) is 11.3 Å². The Balaban J connectivity index is 2.39. The molecule has 0 fully saturated rings. The number of rotatable bonds is 7. The summed E-state index contributed by atoms with van der Waals surface area (Å²) in [5, 5.41) is 10.4. The summed E-state index contributed by atoms with van der Waals surface area (Å²) in [6.45, 7) is 6.80. The minimum atomic E-state index is -0.299. The van der Waals surface area contributed by atoms with Crippen LogP contribution in [0.4, 0.5) is 0 Å². The number of hydrogen-bond donors (Lipinski definition) is 0. The van der Waals surface area contributed by atoms with E-state index in [1.807, 2.05) is 13.8 Å². The standard InChI is InChI=1S/C17H20ClN3O2S/c1-11(2)23-8-4-7-21-16(22)14-6-5-13(18)9-15(14)20-17(21)24-12(3)10-19/h5-6,9,11-12H,4,7-8H2,1-3H3. The summed E-state index contributed by atoms with van der Waals surface area (Å²) in [5.41, 5.74) is 0.434. The molecule has 1 atom stereocenters. The first-order valence-corrected chi connectivity index (χ1v) is 9.06. The monoisotopic (exact) mass is 365 g/mol. The van der Waals surface area contributed by atoms with Crippen LogP contribution in [-0.4, -0.2) is 27.5 Å². The van der Waals surface area contributed by atoms with Gasteiger partial charge in [0, 0.05) is 18.2 Å². The molecule has 7 heteroatoms. The molecule has 1 unspecified atom stereocenters. The number of halogens is 1. The van der Waals surface area contributed by atoms with E-state index >= 15 is 0 Å². The van der Waals surface area contributed by atoms with E-state index in [9.17, 15) is 4.79 Å². The predicted molar refractivity (Wildman–Crippen MR) is 97.7 cm³/mol. The van der Waals surface area contributed by atoms with Gasteiger partial charge in [0.1, 0.15) is 0 Å². The van der Waals surface area contributed by atoms with Crippen molar-refractivity contribution in [3.8, 4) is 6.07 Å². The maximum Gasteiger partial charge on any atom is 0.262 e. The zero-order chi connectivity index (χ0) is 17.7. The van der Waals surface area contributed by atoms with Gasteiger partial charge < -0.3 is 4.74 Å². The van der Waals surface area contributed by atoms with Gasteiger partial charge in [-0.3, -0.25) is 9.36 Å². The van der Waals surface area contributed by atoms with E-state index in [1.165, 1.54) is 11.8 Å². The summed E-state index contributed by atoms with van der Waals surface area (Å²) in [6.07, 6.45) is 0.860. The maximum absolute atomic E-state index is 12.8. The van der Waals surface area contributed by atoms with Crippen molar-refractivity contribution in [2.75, 3.05) is 6.61 Å². The van der Waals surface area contributed by atoms with Crippen molar-refractivity contribution >= 4 is 34.3 Å². The SMILES string of the molecule is CC(C)OCCCn1c(SC(C)C#N)nc2cc(Cl)ccc2c1=O. The molecule has 0 N–H and O–H groups in total. The van der Waals surface area contributed by atoms with Crippen molar-refractivity contribution in [3.05, 3.63) is 33.6 Å². The summed E-state index contributed by atoms with van der Waals surface area (Å²) in [6, 6.07) is 7.21. The summed E-state index contributed by atoms with van der Waals surface area (Å²) < 4.78 is 7.16. The Morgan fingerprint density at radius 3 is 2.83 bits per heavy atom. The van der Waals surface area contributed by atoms with Gasteiger partial charge in [0.25, 0.3) is 5.56 Å². The van der Waals surface area contributed by atoms with E-state index in [4.69, 9.17) is 21.6 Å². The van der Waals surface area contributed by atoms with Crippen LogP contribution in [0, 0.1) is 11.3 Å². The first-order valence-electron chi connectivity index (χ1n) is 7.80. The van der Waals surface area contributed by atoms with Crippen LogP contribution in [0.25, 0.3) is 10.9 Å². The van der Waals surface area contributed by atoms with Gasteiger partial charge in [0.05, 0.1) is 28.3 Å². The van der Waals surface area contributed by atoms with Crippen LogP contribution in [0.5, 0.6) is 0 Å². The Morgan fingerprint density at radius 2 is 2.17 bits per heavy atom. The van der Waals surface area contributed by atoms with Crippen molar-refractivity contribution < 1.29 is 4.74 Å². The largest absolute Gasteiger partial charge is 0.379 e. The van der Waals surface area contributed by atoms with Gasteiger partial charge in [-0.25, -0.2) is 4.98 Å². The lowest BCUT2D eigenvalue weighted by Gasteiger charge is -2.14. The van der Waals surface area contributed by atoms with E-state index < -0.39 is 0 Å². The highest BCUT2D eigenvalue weighted by Crippen LogP contribution is 2.23. The van der Waals surface area contributed by atoms with Crippen LogP contribution < -0.4 is 5.56 Å². The Hall–Kier alpha value is -1.55. The first-order chi connectivity index (χ1) is 11.4. The van der Waals surface area contributed by atoms with Gasteiger partial charge in [-0.05, 0) is 45.4 Å². The van der Waals surface area contributed by atoms with Crippen LogP contribution in [0.3, 0.4) is 0 Å². The lowest BCUT2D eigenvalue weighted by molar-refractivity contribution is 0.0743. The number of thioether (sulfide) groups is 1. The smallest absolute Gasteiger partial charge is 0.262 e. The molecule has 24 heavy (non-hydrogen) atoms. The first kappa shape index (κ1) is 18.8. The lowest BCUT2D eigenvalue weighted by atomic mass is 10.2. The lowest BCUT2D eigenvalue weighted by Crippen LogP contribution is -2.24. The van der Waals surface area contributed by atoms with Gasteiger partial charge in [0.2, 0.25) is 0 Å². The van der Waals surface area contributed by atoms with E-state index in [-0.39, 0.29) is 16.9 Å². The molecule has 0 aliphatic rings. The fraction of sp³-hybridized carbons (Fsp3) is 0.471. The van der Waals surface area contributed by atoms with Gasteiger partial charge in [-0.2, -0.15) is 5.26 Å². The quantitative estimate of drug-likeness (QED) is 0.423. The van der Waals surface area contributed by atoms with Crippen molar-refractivity contribution in [2.24, 2.45) is 0 Å². The number of fused-ring (bicyclic) bond motifs is 1. The van der Waals surface area contributed by atoms with E-state index in [0.717, 1.165) is 0 Å². The van der Waals surface area contributed by atoms with Crippen LogP contribution in [0.1, 0.15) is 27.2 Å². The van der Waals surface area contributed by atoms with Crippen molar-refractivity contribution in [1.29, 1.82) is 5.26 Å². The molecule has 128 valence electrons. The number of ether oxygens (including phenoxy) is 1. The zero-order valence-electron chi connectivity index (χ0n) is 14.0. The molecule has 2 rings (SSSR count). The molecule has 0 amide bonds. The third kappa shape index (κ3) is 4.73. The molecular formula is C17H20ClN3O2S. The Labute approximate surface area is 150 Å². The molecule has 0 aliphatic carbocycles. The molecule has 0 saturated heterocycles. The number of hydrogen-bond acceptors (Lipinski definition) is 5. The van der Waals surface area contributed by atoms with Crippen molar-refractivity contribution in [1.82, 2.24) is 9.55 Å². The summed E-state index contributed by atoms with van der Waals surface area (Å²) in [7, 11) is 0. The molecular weight excluding hydrogens is 346 g/mol.